The van der Waals surface area contributed by atoms with Crippen LogP contribution in [0.3, 0.4) is 0 Å². The Kier molecular flexibility index (Phi) is 1.73. The van der Waals surface area contributed by atoms with Gasteiger partial charge in [-0.25, -0.2) is 9.07 Å². The molecule has 0 saturated heterocycles. The minimum absolute atomic E-state index is 0.161. The molecule has 0 atom stereocenters. The first-order chi connectivity index (χ1) is 6.27. The molecule has 0 unspecified atom stereocenters. The van der Waals surface area contributed by atoms with E-state index in [1.165, 1.54) is 41.2 Å². The molecule has 13 heavy (non-hydrogen) atoms. The average Bonchev–Trinajstić information content (AvgIpc) is 2.53. The summed E-state index contributed by atoms with van der Waals surface area (Å²) >= 11 is 0. The van der Waals surface area contributed by atoms with Crippen LogP contribution in [0.25, 0.3) is 5.69 Å². The maximum absolute atomic E-state index is 12.5. The molecule has 0 fully saturated rings. The summed E-state index contributed by atoms with van der Waals surface area (Å²) in [5.41, 5.74) is 0.461. The highest BCUT2D eigenvalue weighted by atomic mass is 19.1. The number of nitrogens with one attached hydrogen (secondary N) is 1. The Morgan fingerprint density at radius 2 is 1.85 bits per heavy atom. The predicted molar refractivity (Wildman–Crippen MR) is 46.3 cm³/mol. The lowest BCUT2D eigenvalue weighted by Gasteiger charge is -1.99. The maximum atomic E-state index is 12.5. The van der Waals surface area contributed by atoms with Crippen LogP contribution in [0, 0.1) is 5.82 Å². The van der Waals surface area contributed by atoms with Gasteiger partial charge in [0.1, 0.15) is 5.82 Å². The van der Waals surface area contributed by atoms with Crippen molar-refractivity contribution in [2.24, 2.45) is 0 Å². The second kappa shape index (κ2) is 2.90. The van der Waals surface area contributed by atoms with Gasteiger partial charge in [-0.3, -0.25) is 9.89 Å². The molecular formula is C9H7FN2O. The summed E-state index contributed by atoms with van der Waals surface area (Å²) in [4.78, 5) is 11.1. The van der Waals surface area contributed by atoms with Gasteiger partial charge in [0.05, 0.1) is 5.69 Å². The molecule has 1 N–H and O–H groups in total. The van der Waals surface area contributed by atoms with Crippen LogP contribution in [-0.2, 0) is 0 Å². The standard InChI is InChI=1S/C9H7FN2O/c10-7-1-3-8(4-2-7)12-9(13)5-6-11-12/h1-6,11H. The molecule has 2 rings (SSSR count). The molecule has 1 aromatic carbocycles. The van der Waals surface area contributed by atoms with Crippen molar-refractivity contribution < 1.29 is 4.39 Å². The van der Waals surface area contributed by atoms with Gasteiger partial charge in [0, 0.05) is 12.3 Å². The van der Waals surface area contributed by atoms with Gasteiger partial charge in [-0.15, -0.1) is 0 Å². The molecule has 0 aliphatic rings. The van der Waals surface area contributed by atoms with Crippen LogP contribution in [0.1, 0.15) is 0 Å². The lowest BCUT2D eigenvalue weighted by Crippen LogP contribution is -2.13. The second-order valence-corrected chi connectivity index (χ2v) is 2.61. The van der Waals surface area contributed by atoms with E-state index in [-0.39, 0.29) is 11.4 Å². The first-order valence-electron chi connectivity index (χ1n) is 3.80. The number of rotatable bonds is 1. The number of hydrogen-bond donors (Lipinski definition) is 1. The van der Waals surface area contributed by atoms with E-state index in [0.29, 0.717) is 5.69 Å². The predicted octanol–water partition coefficient (Wildman–Crippen LogP) is 1.30. The molecule has 0 spiro atoms. The summed E-state index contributed by atoms with van der Waals surface area (Å²) in [6, 6.07) is 7.09. The van der Waals surface area contributed by atoms with Crippen LogP contribution in [0.15, 0.2) is 41.3 Å². The maximum Gasteiger partial charge on any atom is 0.271 e. The van der Waals surface area contributed by atoms with Crippen molar-refractivity contribution in [3.05, 3.63) is 52.7 Å². The Balaban J connectivity index is 2.54. The third-order valence-electron chi connectivity index (χ3n) is 1.73. The first kappa shape index (κ1) is 7.79. The van der Waals surface area contributed by atoms with Crippen LogP contribution < -0.4 is 5.56 Å². The van der Waals surface area contributed by atoms with Gasteiger partial charge >= 0.3 is 0 Å². The number of benzene rings is 1. The van der Waals surface area contributed by atoms with Crippen LogP contribution in [-0.4, -0.2) is 9.78 Å². The van der Waals surface area contributed by atoms with E-state index in [2.05, 4.69) is 5.10 Å². The van der Waals surface area contributed by atoms with Gasteiger partial charge in [-0.05, 0) is 24.3 Å². The molecule has 0 aliphatic heterocycles. The summed E-state index contributed by atoms with van der Waals surface area (Å²) in [5.74, 6) is -0.316. The smallest absolute Gasteiger partial charge is 0.271 e. The number of nitrogens with zero attached hydrogens (tertiary/aromatic N) is 1. The molecule has 0 radical (unpaired) electrons. The number of H-pyrrole nitrogens is 1. The van der Waals surface area contributed by atoms with Crippen molar-refractivity contribution in [1.29, 1.82) is 0 Å². The molecule has 1 aromatic heterocycles. The minimum atomic E-state index is -0.316. The van der Waals surface area contributed by atoms with E-state index in [4.69, 9.17) is 0 Å². The highest BCUT2D eigenvalue weighted by Gasteiger charge is 1.98. The number of aromatic amines is 1. The zero-order chi connectivity index (χ0) is 9.26. The molecule has 0 bridgehead atoms. The fourth-order valence-electron chi connectivity index (χ4n) is 1.11. The number of hydrogen-bond acceptors (Lipinski definition) is 1. The third kappa shape index (κ3) is 1.38. The molecule has 4 heteroatoms. The van der Waals surface area contributed by atoms with Gasteiger partial charge in [0.15, 0.2) is 0 Å². The largest absolute Gasteiger partial charge is 0.298 e. The average molecular weight is 178 g/mol. The van der Waals surface area contributed by atoms with E-state index in [1.54, 1.807) is 0 Å². The Bertz CT molecular complexity index is 455. The normalized spacial score (nSPS) is 10.2. The van der Waals surface area contributed by atoms with Gasteiger partial charge in [-0.2, -0.15) is 0 Å². The SMILES string of the molecule is O=c1cc[nH]n1-c1ccc(F)cc1. The molecule has 0 aliphatic carbocycles. The Labute approximate surface area is 73.4 Å². The third-order valence-corrected chi connectivity index (χ3v) is 1.73. The minimum Gasteiger partial charge on any atom is -0.298 e. The summed E-state index contributed by atoms with van der Waals surface area (Å²) in [7, 11) is 0. The molecule has 1 heterocycles. The highest BCUT2D eigenvalue weighted by molar-refractivity contribution is 5.30. The van der Waals surface area contributed by atoms with E-state index in [1.807, 2.05) is 0 Å². The van der Waals surface area contributed by atoms with Crippen molar-refractivity contribution in [1.82, 2.24) is 9.78 Å². The van der Waals surface area contributed by atoms with Crippen LogP contribution in [0.4, 0.5) is 4.39 Å². The second-order valence-electron chi connectivity index (χ2n) is 2.61. The fourth-order valence-corrected chi connectivity index (χ4v) is 1.11. The molecular weight excluding hydrogens is 171 g/mol. The lowest BCUT2D eigenvalue weighted by atomic mass is 10.3. The molecule has 0 amide bonds. The van der Waals surface area contributed by atoms with E-state index < -0.39 is 0 Å². The summed E-state index contributed by atoms with van der Waals surface area (Å²) in [6.45, 7) is 0. The molecule has 2 aromatic rings. The van der Waals surface area contributed by atoms with Gasteiger partial charge in [0.25, 0.3) is 5.56 Å². The summed E-state index contributed by atoms with van der Waals surface area (Å²) in [6.07, 6.45) is 1.53. The number of aromatic nitrogens is 2. The lowest BCUT2D eigenvalue weighted by molar-refractivity contribution is 0.627. The molecule has 66 valence electrons. The topological polar surface area (TPSA) is 37.8 Å². The van der Waals surface area contributed by atoms with Crippen LogP contribution in [0.2, 0.25) is 0 Å². The Morgan fingerprint density at radius 1 is 1.15 bits per heavy atom. The van der Waals surface area contributed by atoms with Gasteiger partial charge in [-0.1, -0.05) is 0 Å². The first-order valence-corrected chi connectivity index (χ1v) is 3.80. The van der Waals surface area contributed by atoms with Crippen molar-refractivity contribution in [3.8, 4) is 5.69 Å². The van der Waals surface area contributed by atoms with E-state index in [0.717, 1.165) is 0 Å². The van der Waals surface area contributed by atoms with E-state index >= 15 is 0 Å². The summed E-state index contributed by atoms with van der Waals surface area (Å²) < 4.78 is 13.9. The zero-order valence-electron chi connectivity index (χ0n) is 6.70. The fraction of sp³-hybridized carbons (Fsp3) is 0. The quantitative estimate of drug-likeness (QED) is 0.702. The van der Waals surface area contributed by atoms with Crippen molar-refractivity contribution >= 4 is 0 Å². The van der Waals surface area contributed by atoms with Crippen molar-refractivity contribution in [2.45, 2.75) is 0 Å². The number of halogens is 1. The monoisotopic (exact) mass is 178 g/mol. The van der Waals surface area contributed by atoms with Gasteiger partial charge in [0.2, 0.25) is 0 Å². The molecule has 3 nitrogen and oxygen atoms in total. The van der Waals surface area contributed by atoms with E-state index in [9.17, 15) is 9.18 Å². The van der Waals surface area contributed by atoms with Crippen molar-refractivity contribution in [2.75, 3.05) is 0 Å². The Hall–Kier alpha value is -1.84. The van der Waals surface area contributed by atoms with Gasteiger partial charge < -0.3 is 0 Å². The van der Waals surface area contributed by atoms with Crippen molar-refractivity contribution in [3.63, 3.8) is 0 Å². The zero-order valence-corrected chi connectivity index (χ0v) is 6.70. The summed E-state index contributed by atoms with van der Waals surface area (Å²) in [5, 5.41) is 2.72. The van der Waals surface area contributed by atoms with Crippen LogP contribution in [0.5, 0.6) is 0 Å². The molecule has 0 saturated carbocycles. The highest BCUT2D eigenvalue weighted by Crippen LogP contribution is 2.04. The van der Waals surface area contributed by atoms with Crippen LogP contribution >= 0.6 is 0 Å². The Morgan fingerprint density at radius 3 is 2.38 bits per heavy atom.